The minimum atomic E-state index is 0.347. The molecule has 1 aromatic rings. The number of rotatable bonds is 6. The standard InChI is InChI=1S/C14H24N4/c1-9(2)14-17-12(15-4)7-13(18-14)16-8-10(3)11-5-6-11/h7,9-11H,5-6,8H2,1-4H3,(H2,15,16,17,18). The van der Waals surface area contributed by atoms with E-state index in [1.807, 2.05) is 13.1 Å². The second-order valence-corrected chi connectivity index (χ2v) is 5.60. The molecule has 2 N–H and O–H groups in total. The third kappa shape index (κ3) is 3.34. The van der Waals surface area contributed by atoms with Crippen LogP contribution in [0.25, 0.3) is 0 Å². The molecule has 18 heavy (non-hydrogen) atoms. The molecule has 1 fully saturated rings. The van der Waals surface area contributed by atoms with Gasteiger partial charge in [0.25, 0.3) is 0 Å². The average molecular weight is 248 g/mol. The van der Waals surface area contributed by atoms with Gasteiger partial charge in [-0.15, -0.1) is 0 Å². The average Bonchev–Trinajstić information content (AvgIpc) is 3.19. The molecule has 2 rings (SSSR count). The molecule has 1 saturated carbocycles. The fourth-order valence-electron chi connectivity index (χ4n) is 2.04. The number of nitrogens with one attached hydrogen (secondary N) is 2. The third-order valence-corrected chi connectivity index (χ3v) is 3.55. The van der Waals surface area contributed by atoms with E-state index in [0.29, 0.717) is 5.92 Å². The normalized spacial score (nSPS) is 16.7. The van der Waals surface area contributed by atoms with E-state index in [0.717, 1.165) is 35.8 Å². The molecular weight excluding hydrogens is 224 g/mol. The monoisotopic (exact) mass is 248 g/mol. The molecule has 0 saturated heterocycles. The molecule has 1 aliphatic rings. The summed E-state index contributed by atoms with van der Waals surface area (Å²) in [4.78, 5) is 9.03. The highest BCUT2D eigenvalue weighted by Gasteiger charge is 2.27. The van der Waals surface area contributed by atoms with Crippen molar-refractivity contribution >= 4 is 11.6 Å². The molecule has 1 heterocycles. The van der Waals surface area contributed by atoms with Gasteiger partial charge < -0.3 is 10.6 Å². The molecule has 0 aromatic carbocycles. The van der Waals surface area contributed by atoms with E-state index in [1.54, 1.807) is 0 Å². The van der Waals surface area contributed by atoms with Gasteiger partial charge in [0.05, 0.1) is 0 Å². The smallest absolute Gasteiger partial charge is 0.135 e. The largest absolute Gasteiger partial charge is 0.373 e. The molecule has 4 heteroatoms. The van der Waals surface area contributed by atoms with Gasteiger partial charge in [-0.1, -0.05) is 20.8 Å². The van der Waals surface area contributed by atoms with Crippen LogP contribution in [0.1, 0.15) is 45.4 Å². The Balaban J connectivity index is 2.03. The van der Waals surface area contributed by atoms with E-state index in [9.17, 15) is 0 Å². The Bertz CT molecular complexity index is 399. The van der Waals surface area contributed by atoms with Gasteiger partial charge in [-0.3, -0.25) is 0 Å². The molecule has 100 valence electrons. The molecule has 0 spiro atoms. The van der Waals surface area contributed by atoms with Crippen LogP contribution in [0.2, 0.25) is 0 Å². The van der Waals surface area contributed by atoms with E-state index in [1.165, 1.54) is 12.8 Å². The van der Waals surface area contributed by atoms with Crippen molar-refractivity contribution in [1.82, 2.24) is 9.97 Å². The van der Waals surface area contributed by atoms with Crippen molar-refractivity contribution in [3.63, 3.8) is 0 Å². The summed E-state index contributed by atoms with van der Waals surface area (Å²) in [6.07, 6.45) is 2.79. The van der Waals surface area contributed by atoms with Gasteiger partial charge in [-0.2, -0.15) is 0 Å². The molecule has 1 atom stereocenters. The first kappa shape index (κ1) is 13.1. The molecule has 0 aliphatic heterocycles. The van der Waals surface area contributed by atoms with Gasteiger partial charge in [0.15, 0.2) is 0 Å². The number of hydrogen-bond acceptors (Lipinski definition) is 4. The molecule has 0 amide bonds. The summed E-state index contributed by atoms with van der Waals surface area (Å²) in [6.45, 7) is 7.55. The summed E-state index contributed by atoms with van der Waals surface area (Å²) in [5.41, 5.74) is 0. The predicted octanol–water partition coefficient (Wildman–Crippen LogP) is 3.10. The van der Waals surface area contributed by atoms with E-state index < -0.39 is 0 Å². The maximum Gasteiger partial charge on any atom is 0.135 e. The van der Waals surface area contributed by atoms with Gasteiger partial charge >= 0.3 is 0 Å². The fraction of sp³-hybridized carbons (Fsp3) is 0.714. The van der Waals surface area contributed by atoms with Crippen molar-refractivity contribution in [3.05, 3.63) is 11.9 Å². The Kier molecular flexibility index (Phi) is 4.04. The summed E-state index contributed by atoms with van der Waals surface area (Å²) >= 11 is 0. The lowest BCUT2D eigenvalue weighted by Crippen LogP contribution is -2.15. The van der Waals surface area contributed by atoms with Crippen LogP contribution in [-0.2, 0) is 0 Å². The SMILES string of the molecule is CNc1cc(NCC(C)C2CC2)nc(C(C)C)n1. The van der Waals surface area contributed by atoms with Crippen molar-refractivity contribution in [1.29, 1.82) is 0 Å². The van der Waals surface area contributed by atoms with Crippen molar-refractivity contribution in [2.75, 3.05) is 24.2 Å². The third-order valence-electron chi connectivity index (χ3n) is 3.55. The second kappa shape index (κ2) is 5.55. The number of hydrogen-bond donors (Lipinski definition) is 2. The van der Waals surface area contributed by atoms with Crippen molar-refractivity contribution in [2.45, 2.75) is 39.5 Å². The minimum Gasteiger partial charge on any atom is -0.373 e. The first-order valence-corrected chi connectivity index (χ1v) is 6.90. The summed E-state index contributed by atoms with van der Waals surface area (Å²) in [5, 5.41) is 6.54. The fourth-order valence-corrected chi connectivity index (χ4v) is 2.04. The van der Waals surface area contributed by atoms with Crippen molar-refractivity contribution in [2.24, 2.45) is 11.8 Å². The number of nitrogens with zero attached hydrogens (tertiary/aromatic N) is 2. The Labute approximate surface area is 110 Å². The van der Waals surface area contributed by atoms with E-state index in [4.69, 9.17) is 0 Å². The molecule has 0 bridgehead atoms. The first-order valence-electron chi connectivity index (χ1n) is 6.90. The van der Waals surface area contributed by atoms with Gasteiger partial charge in [0, 0.05) is 25.6 Å². The molecule has 1 unspecified atom stereocenters. The predicted molar refractivity (Wildman–Crippen MR) is 76.0 cm³/mol. The number of anilines is 2. The lowest BCUT2D eigenvalue weighted by molar-refractivity contribution is 0.535. The minimum absolute atomic E-state index is 0.347. The topological polar surface area (TPSA) is 49.8 Å². The summed E-state index contributed by atoms with van der Waals surface area (Å²) in [5.74, 6) is 4.72. The first-order chi connectivity index (χ1) is 8.60. The summed E-state index contributed by atoms with van der Waals surface area (Å²) < 4.78 is 0. The summed E-state index contributed by atoms with van der Waals surface area (Å²) in [6, 6.07) is 1.98. The van der Waals surface area contributed by atoms with Gasteiger partial charge in [0.2, 0.25) is 0 Å². The van der Waals surface area contributed by atoms with Crippen LogP contribution >= 0.6 is 0 Å². The van der Waals surface area contributed by atoms with Crippen LogP contribution in [0.5, 0.6) is 0 Å². The molecular formula is C14H24N4. The van der Waals surface area contributed by atoms with Crippen LogP contribution in [0.3, 0.4) is 0 Å². The lowest BCUT2D eigenvalue weighted by atomic mass is 10.1. The zero-order valence-electron chi connectivity index (χ0n) is 11.8. The second-order valence-electron chi connectivity index (χ2n) is 5.60. The van der Waals surface area contributed by atoms with Gasteiger partial charge in [-0.25, -0.2) is 9.97 Å². The van der Waals surface area contributed by atoms with Crippen molar-refractivity contribution in [3.8, 4) is 0 Å². The van der Waals surface area contributed by atoms with Crippen LogP contribution in [0.4, 0.5) is 11.6 Å². The molecule has 4 nitrogen and oxygen atoms in total. The maximum atomic E-state index is 4.57. The maximum absolute atomic E-state index is 4.57. The lowest BCUT2D eigenvalue weighted by Gasteiger charge is -2.14. The van der Waals surface area contributed by atoms with Crippen LogP contribution in [0.15, 0.2) is 6.07 Å². The van der Waals surface area contributed by atoms with E-state index in [-0.39, 0.29) is 0 Å². The van der Waals surface area contributed by atoms with Gasteiger partial charge in [0.1, 0.15) is 17.5 Å². The van der Waals surface area contributed by atoms with E-state index in [2.05, 4.69) is 41.4 Å². The Morgan fingerprint density at radius 2 is 1.89 bits per heavy atom. The molecule has 1 aromatic heterocycles. The Morgan fingerprint density at radius 1 is 1.22 bits per heavy atom. The van der Waals surface area contributed by atoms with Crippen LogP contribution in [-0.4, -0.2) is 23.6 Å². The Hall–Kier alpha value is -1.32. The highest BCUT2D eigenvalue weighted by molar-refractivity contribution is 5.47. The zero-order valence-corrected chi connectivity index (χ0v) is 11.8. The van der Waals surface area contributed by atoms with E-state index >= 15 is 0 Å². The van der Waals surface area contributed by atoms with Crippen LogP contribution in [0, 0.1) is 11.8 Å². The molecule has 1 aliphatic carbocycles. The van der Waals surface area contributed by atoms with Crippen LogP contribution < -0.4 is 10.6 Å². The van der Waals surface area contributed by atoms with Gasteiger partial charge in [-0.05, 0) is 24.7 Å². The Morgan fingerprint density at radius 3 is 2.44 bits per heavy atom. The van der Waals surface area contributed by atoms with Crippen molar-refractivity contribution < 1.29 is 0 Å². The quantitative estimate of drug-likeness (QED) is 0.812. The highest BCUT2D eigenvalue weighted by atomic mass is 15.1. The number of aromatic nitrogens is 2. The summed E-state index contributed by atoms with van der Waals surface area (Å²) in [7, 11) is 1.89. The molecule has 0 radical (unpaired) electrons. The zero-order chi connectivity index (χ0) is 13.1. The highest BCUT2D eigenvalue weighted by Crippen LogP contribution is 2.36.